The molecule has 0 bridgehead atoms. The number of ether oxygens (including phenoxy) is 2. The van der Waals surface area contributed by atoms with Gasteiger partial charge in [-0.3, -0.25) is 18.4 Å². The number of benzene rings is 1. The Hall–Kier alpha value is -2.94. The molecule has 0 radical (unpaired) electrons. The molecule has 2 aliphatic rings. The highest BCUT2D eigenvalue weighted by Crippen LogP contribution is 2.54. The van der Waals surface area contributed by atoms with Gasteiger partial charge in [-0.2, -0.15) is 0 Å². The Labute approximate surface area is 275 Å². The third-order valence-electron chi connectivity index (χ3n) is 7.58. The number of halogens is 1. The molecule has 2 fully saturated rings. The molecule has 9 atom stereocenters. The number of nitrogen functional groups attached to an aromatic ring is 1. The van der Waals surface area contributed by atoms with Gasteiger partial charge < -0.3 is 35.3 Å². The molecule has 23 heteroatoms. The van der Waals surface area contributed by atoms with Crippen LogP contribution in [0, 0.1) is 0 Å². The van der Waals surface area contributed by atoms with E-state index < -0.39 is 69.1 Å². The minimum Gasteiger partial charge on any atom is -0.382 e. The molecule has 47 heavy (non-hydrogen) atoms. The summed E-state index contributed by atoms with van der Waals surface area (Å²) in [5.74, 6) is -0.644. The van der Waals surface area contributed by atoms with Crippen molar-refractivity contribution in [2.75, 3.05) is 12.3 Å². The smallest absolute Gasteiger partial charge is 0.382 e. The summed E-state index contributed by atoms with van der Waals surface area (Å²) in [5.41, 5.74) is 12.4. The van der Waals surface area contributed by atoms with Crippen molar-refractivity contribution in [2.24, 2.45) is 5.73 Å². The van der Waals surface area contributed by atoms with E-state index >= 15 is 4.39 Å². The molecule has 1 amide bonds. The number of thiol groups is 1. The second-order valence-corrected chi connectivity index (χ2v) is 16.0. The standard InChI is InChI=1S/C24H28FN9O9P2S2/c1-3-13-19(15(25)23(40-13)33-9-30-17-20(26)28-8-29-22(17)33)43-45(38,47)39-7-14-10(2)18(42-44(36,37)46)24(41-14)34-12-6-4-5-11(21(27)35)16(12)31-32-34/h4-6,8-9,13-15,18-19,23-24H,2-3,7H2,1H3,(H2,27,35)(H,38,47)(H2,26,28,29)(H2,36,37,46)/t13-,14?,15-,18-,19-,23-,24-,45?/m1/s1. The van der Waals surface area contributed by atoms with Crippen molar-refractivity contribution in [3.05, 3.63) is 48.6 Å². The Balaban J connectivity index is 1.19. The van der Waals surface area contributed by atoms with Gasteiger partial charge in [-0.05, 0) is 35.9 Å². The van der Waals surface area contributed by atoms with Crippen molar-refractivity contribution in [1.82, 2.24) is 34.5 Å². The second-order valence-electron chi connectivity index (χ2n) is 10.5. The van der Waals surface area contributed by atoms with Crippen molar-refractivity contribution in [3.63, 3.8) is 0 Å². The summed E-state index contributed by atoms with van der Waals surface area (Å²) in [5, 5.41) is 8.04. The molecule has 2 saturated heterocycles. The Bertz CT molecular complexity index is 1960. The molecule has 0 spiro atoms. The van der Waals surface area contributed by atoms with Crippen LogP contribution in [0.5, 0.6) is 0 Å². The largest absolute Gasteiger partial charge is 0.384 e. The van der Waals surface area contributed by atoms with E-state index in [1.165, 1.54) is 34.0 Å². The van der Waals surface area contributed by atoms with E-state index in [9.17, 15) is 19.1 Å². The number of carbonyl (C=O) groups excluding carboxylic acids is 1. The fourth-order valence-electron chi connectivity index (χ4n) is 5.42. The minimum absolute atomic E-state index is 0.0800. The third-order valence-corrected chi connectivity index (χ3v) is 9.92. The number of carbonyl (C=O) groups is 1. The number of aromatic nitrogens is 7. The number of rotatable bonds is 11. The first-order valence-electron chi connectivity index (χ1n) is 13.8. The van der Waals surface area contributed by atoms with Crippen molar-refractivity contribution < 1.29 is 46.6 Å². The van der Waals surface area contributed by atoms with Gasteiger partial charge in [0.05, 0.1) is 30.1 Å². The van der Waals surface area contributed by atoms with Crippen molar-refractivity contribution in [3.8, 4) is 0 Å². The lowest BCUT2D eigenvalue weighted by Crippen LogP contribution is -2.31. The molecule has 4 aromatic rings. The van der Waals surface area contributed by atoms with Crippen LogP contribution in [-0.2, 0) is 39.4 Å². The van der Waals surface area contributed by atoms with Crippen LogP contribution in [0.4, 0.5) is 10.2 Å². The number of nitrogens with zero attached hydrogens (tertiary/aromatic N) is 7. The summed E-state index contributed by atoms with van der Waals surface area (Å²) in [6.07, 6.45) is -6.16. The normalized spacial score (nSPS) is 29.0. The van der Waals surface area contributed by atoms with Crippen LogP contribution in [0.3, 0.4) is 0 Å². The molecule has 0 aliphatic carbocycles. The van der Waals surface area contributed by atoms with Crippen LogP contribution in [0.1, 0.15) is 36.2 Å². The molecule has 18 nitrogen and oxygen atoms in total. The first kappa shape index (κ1) is 33.9. The molecule has 1 aromatic carbocycles. The third kappa shape index (κ3) is 6.58. The fourth-order valence-corrected chi connectivity index (χ4v) is 7.68. The van der Waals surface area contributed by atoms with Crippen LogP contribution in [0.25, 0.3) is 22.2 Å². The van der Waals surface area contributed by atoms with Gasteiger partial charge in [0.25, 0.3) is 5.91 Å². The van der Waals surface area contributed by atoms with Crippen LogP contribution >= 0.6 is 25.8 Å². The highest BCUT2D eigenvalue weighted by atomic mass is 32.7. The SMILES string of the molecule is C=C1C(COP(O)(=S)O[C@H]2[C@@H](F)[C@H](n3cnc4c(N)ncnc43)O[C@@H]2CC)O[C@@H](n2nnc3c(C(N)=O)cccc32)[C@@H]1OP(=O)(O)S. The highest BCUT2D eigenvalue weighted by Gasteiger charge is 2.50. The maximum absolute atomic E-state index is 15.9. The van der Waals surface area contributed by atoms with E-state index in [1.54, 1.807) is 13.0 Å². The number of hydrogen-bond acceptors (Lipinski definition) is 14. The zero-order valence-corrected chi connectivity index (χ0v) is 27.7. The predicted octanol–water partition coefficient (Wildman–Crippen LogP) is 2.09. The first-order chi connectivity index (χ1) is 22.2. The zero-order chi connectivity index (χ0) is 33.8. The van der Waals surface area contributed by atoms with Gasteiger partial charge in [0.15, 0.2) is 30.1 Å². The maximum atomic E-state index is 15.9. The Morgan fingerprint density at radius 2 is 1.98 bits per heavy atom. The van der Waals surface area contributed by atoms with E-state index in [0.717, 1.165) is 0 Å². The van der Waals surface area contributed by atoms with Gasteiger partial charge in [-0.15, -0.1) is 5.10 Å². The molecule has 3 unspecified atom stereocenters. The first-order valence-corrected chi connectivity index (χ1v) is 19.1. The molecule has 3 aromatic heterocycles. The molecule has 0 saturated carbocycles. The second kappa shape index (κ2) is 12.8. The van der Waals surface area contributed by atoms with E-state index in [0.29, 0.717) is 0 Å². The fraction of sp³-hybridized carbons (Fsp3) is 0.417. The number of anilines is 1. The van der Waals surface area contributed by atoms with Crippen LogP contribution in [0.2, 0.25) is 0 Å². The summed E-state index contributed by atoms with van der Waals surface area (Å²) in [4.78, 5) is 45.0. The van der Waals surface area contributed by atoms with Crippen LogP contribution in [0.15, 0.2) is 43.0 Å². The number of nitrogens with two attached hydrogens (primary N) is 2. The Morgan fingerprint density at radius 1 is 1.21 bits per heavy atom. The number of hydrogen-bond donors (Lipinski definition) is 5. The lowest BCUT2D eigenvalue weighted by Gasteiger charge is -2.25. The maximum Gasteiger partial charge on any atom is 0.384 e. The van der Waals surface area contributed by atoms with Gasteiger partial charge >= 0.3 is 13.5 Å². The number of alkyl halides is 1. The van der Waals surface area contributed by atoms with Gasteiger partial charge in [0, 0.05) is 0 Å². The molecule has 6 rings (SSSR count). The molecular formula is C24H28FN9O9P2S2. The van der Waals surface area contributed by atoms with E-state index in [-0.39, 0.29) is 45.6 Å². The van der Waals surface area contributed by atoms with E-state index in [2.05, 4.69) is 44.1 Å². The van der Waals surface area contributed by atoms with Gasteiger partial charge in [0.2, 0.25) is 0 Å². The zero-order valence-electron chi connectivity index (χ0n) is 24.2. The molecule has 6 N–H and O–H groups in total. The number of primary amides is 1. The Kier molecular flexibility index (Phi) is 9.26. The highest BCUT2D eigenvalue weighted by molar-refractivity contribution is 8.44. The average Bonchev–Trinajstić information content (AvgIpc) is 3.76. The molecule has 252 valence electrons. The lowest BCUT2D eigenvalue weighted by molar-refractivity contribution is -0.0509. The average molecular weight is 732 g/mol. The summed E-state index contributed by atoms with van der Waals surface area (Å²) >= 11 is 8.84. The van der Waals surface area contributed by atoms with Crippen molar-refractivity contribution >= 4 is 71.5 Å². The summed E-state index contributed by atoms with van der Waals surface area (Å²) < 4.78 is 59.1. The molecular weight excluding hydrogens is 703 g/mol. The van der Waals surface area contributed by atoms with Crippen LogP contribution in [-0.4, -0.2) is 87.4 Å². The number of fused-ring (bicyclic) bond motifs is 2. The Morgan fingerprint density at radius 3 is 2.68 bits per heavy atom. The molecule has 5 heterocycles. The summed E-state index contributed by atoms with van der Waals surface area (Å²) in [6.45, 7) is -3.45. The quantitative estimate of drug-likeness (QED) is 0.0842. The van der Waals surface area contributed by atoms with Gasteiger partial charge in [0.1, 0.15) is 35.7 Å². The molecule has 2 aliphatic heterocycles. The van der Waals surface area contributed by atoms with Crippen molar-refractivity contribution in [1.29, 1.82) is 0 Å². The summed E-state index contributed by atoms with van der Waals surface area (Å²) in [7, 11) is 0. The lowest BCUT2D eigenvalue weighted by atomic mass is 10.1. The topological polar surface area (TPSA) is 247 Å². The monoisotopic (exact) mass is 731 g/mol. The number of amides is 1. The predicted molar refractivity (Wildman–Crippen MR) is 169 cm³/mol. The van der Waals surface area contributed by atoms with Crippen LogP contribution < -0.4 is 11.5 Å². The van der Waals surface area contributed by atoms with Crippen molar-refractivity contribution in [2.45, 2.75) is 56.4 Å². The van der Waals surface area contributed by atoms with E-state index in [1.807, 2.05) is 0 Å². The van der Waals surface area contributed by atoms with Gasteiger partial charge in [-0.25, -0.2) is 28.6 Å². The number of imidazole rings is 1. The van der Waals surface area contributed by atoms with Gasteiger partial charge in [-0.1, -0.05) is 37.0 Å². The minimum atomic E-state index is -4.43. The van der Waals surface area contributed by atoms with E-state index in [4.69, 9.17) is 46.3 Å². The summed E-state index contributed by atoms with van der Waals surface area (Å²) in [6, 6.07) is 4.56.